The molecule has 1 fully saturated rings. The fourth-order valence-corrected chi connectivity index (χ4v) is 3.84. The van der Waals surface area contributed by atoms with Crippen LogP contribution in [0.15, 0.2) is 25.0 Å². The molecule has 2 aromatic rings. The molecule has 6 nitrogen and oxygen atoms in total. The van der Waals surface area contributed by atoms with Gasteiger partial charge in [-0.25, -0.2) is 4.98 Å². The van der Waals surface area contributed by atoms with Gasteiger partial charge >= 0.3 is 0 Å². The van der Waals surface area contributed by atoms with Crippen molar-refractivity contribution < 1.29 is 4.79 Å². The summed E-state index contributed by atoms with van der Waals surface area (Å²) in [6.07, 6.45) is 5.81. The number of allylic oxidation sites excluding steroid dienone is 1. The van der Waals surface area contributed by atoms with Gasteiger partial charge in [0.15, 0.2) is 5.78 Å². The Bertz CT molecular complexity index is 801. The highest BCUT2D eigenvalue weighted by molar-refractivity contribution is 7.16. The van der Waals surface area contributed by atoms with Crippen molar-refractivity contribution in [1.82, 2.24) is 9.97 Å². The molecule has 132 valence electrons. The van der Waals surface area contributed by atoms with Crippen LogP contribution >= 0.6 is 11.3 Å². The van der Waals surface area contributed by atoms with Gasteiger partial charge in [0, 0.05) is 49.2 Å². The second-order valence-corrected chi connectivity index (χ2v) is 7.50. The average molecular weight is 357 g/mol. The summed E-state index contributed by atoms with van der Waals surface area (Å²) in [5.41, 5.74) is 15.1. The molecule has 2 aromatic heterocycles. The summed E-state index contributed by atoms with van der Waals surface area (Å²) in [6, 6.07) is 2.11. The molecular formula is C18H23N5OS. The number of ketones is 1. The van der Waals surface area contributed by atoms with Crippen molar-refractivity contribution in [2.24, 2.45) is 5.73 Å². The van der Waals surface area contributed by atoms with E-state index in [4.69, 9.17) is 11.5 Å². The van der Waals surface area contributed by atoms with Gasteiger partial charge in [-0.2, -0.15) is 0 Å². The number of hydrogen-bond donors (Lipinski definition) is 2. The molecule has 1 atom stereocenters. The third kappa shape index (κ3) is 3.88. The molecule has 0 bridgehead atoms. The molecule has 0 spiro atoms. The Hall–Kier alpha value is -2.25. The number of rotatable bonds is 5. The van der Waals surface area contributed by atoms with Crippen LogP contribution in [-0.2, 0) is 6.42 Å². The van der Waals surface area contributed by atoms with Crippen LogP contribution in [0.5, 0.6) is 0 Å². The molecular weight excluding hydrogens is 334 g/mol. The lowest BCUT2D eigenvalue weighted by atomic mass is 10.0. The van der Waals surface area contributed by atoms with Crippen molar-refractivity contribution in [3.05, 3.63) is 41.3 Å². The number of hydrogen-bond acceptors (Lipinski definition) is 7. The molecule has 0 unspecified atom stereocenters. The quantitative estimate of drug-likeness (QED) is 0.798. The first-order valence-corrected chi connectivity index (χ1v) is 9.16. The summed E-state index contributed by atoms with van der Waals surface area (Å²) < 4.78 is 0. The number of aromatic nitrogens is 2. The summed E-state index contributed by atoms with van der Waals surface area (Å²) in [7, 11) is 0. The zero-order valence-corrected chi connectivity index (χ0v) is 15.2. The zero-order valence-electron chi connectivity index (χ0n) is 14.4. The third-order valence-corrected chi connectivity index (χ3v) is 5.36. The fourth-order valence-electron chi connectivity index (χ4n) is 3.06. The van der Waals surface area contributed by atoms with Gasteiger partial charge in [0.25, 0.3) is 0 Å². The SMILES string of the molecule is C=C(C)c1nc(C(=O)Cc2cnccc2N2CCC[C@H](N)C2)c(N)s1. The van der Waals surface area contributed by atoms with Crippen LogP contribution in [0.25, 0.3) is 5.57 Å². The number of anilines is 2. The minimum absolute atomic E-state index is 0.100. The maximum absolute atomic E-state index is 12.7. The molecule has 25 heavy (non-hydrogen) atoms. The van der Waals surface area contributed by atoms with Gasteiger partial charge in [-0.05, 0) is 31.4 Å². The van der Waals surface area contributed by atoms with Gasteiger partial charge in [-0.1, -0.05) is 17.9 Å². The Morgan fingerprint density at radius 3 is 3.00 bits per heavy atom. The molecule has 3 rings (SSSR count). The van der Waals surface area contributed by atoms with E-state index in [1.807, 2.05) is 13.0 Å². The second-order valence-electron chi connectivity index (χ2n) is 6.46. The maximum Gasteiger partial charge on any atom is 0.188 e. The average Bonchev–Trinajstić information content (AvgIpc) is 2.97. The number of nitrogens with zero attached hydrogens (tertiary/aromatic N) is 3. The predicted octanol–water partition coefficient (Wildman–Crippen LogP) is 2.51. The molecule has 0 radical (unpaired) electrons. The molecule has 7 heteroatoms. The third-order valence-electron chi connectivity index (χ3n) is 4.31. The summed E-state index contributed by atoms with van der Waals surface area (Å²) >= 11 is 1.30. The van der Waals surface area contributed by atoms with Crippen LogP contribution in [0.2, 0.25) is 0 Å². The van der Waals surface area contributed by atoms with Crippen LogP contribution in [0.1, 0.15) is 40.8 Å². The number of pyridine rings is 1. The number of nitrogen functional groups attached to an aromatic ring is 1. The van der Waals surface area contributed by atoms with Crippen molar-refractivity contribution in [3.8, 4) is 0 Å². The largest absolute Gasteiger partial charge is 0.389 e. The Morgan fingerprint density at radius 2 is 2.32 bits per heavy atom. The highest BCUT2D eigenvalue weighted by Crippen LogP contribution is 2.28. The first-order valence-electron chi connectivity index (χ1n) is 8.34. The number of carbonyl (C=O) groups excluding carboxylic acids is 1. The minimum Gasteiger partial charge on any atom is -0.389 e. The van der Waals surface area contributed by atoms with E-state index in [1.165, 1.54) is 11.3 Å². The van der Waals surface area contributed by atoms with Gasteiger partial charge in [0.05, 0.1) is 0 Å². The highest BCUT2D eigenvalue weighted by Gasteiger charge is 2.22. The second kappa shape index (κ2) is 7.33. The normalized spacial score (nSPS) is 17.5. The molecule has 0 aliphatic carbocycles. The molecule has 4 N–H and O–H groups in total. The molecule has 1 aliphatic rings. The van der Waals surface area contributed by atoms with Gasteiger partial charge in [0.2, 0.25) is 0 Å². The molecule has 3 heterocycles. The van der Waals surface area contributed by atoms with Gasteiger partial charge in [0.1, 0.15) is 15.7 Å². The number of thiazole rings is 1. The lowest BCUT2D eigenvalue weighted by Gasteiger charge is -2.33. The van der Waals surface area contributed by atoms with Crippen LogP contribution in [-0.4, -0.2) is 34.9 Å². The zero-order chi connectivity index (χ0) is 18.0. The Labute approximate surface area is 151 Å². The predicted molar refractivity (Wildman–Crippen MR) is 103 cm³/mol. The van der Waals surface area contributed by atoms with E-state index in [0.29, 0.717) is 15.7 Å². The maximum atomic E-state index is 12.7. The Balaban J connectivity index is 1.83. The first kappa shape index (κ1) is 17.6. The van der Waals surface area contributed by atoms with E-state index in [0.717, 1.165) is 42.8 Å². The van der Waals surface area contributed by atoms with E-state index in [1.54, 1.807) is 12.4 Å². The molecule has 1 saturated heterocycles. The molecule has 1 aliphatic heterocycles. The van der Waals surface area contributed by atoms with Crippen molar-refractivity contribution in [2.75, 3.05) is 23.7 Å². The number of nitrogens with two attached hydrogens (primary N) is 2. The van der Waals surface area contributed by atoms with Gasteiger partial charge in [-0.15, -0.1) is 0 Å². The van der Waals surface area contributed by atoms with Crippen LogP contribution < -0.4 is 16.4 Å². The van der Waals surface area contributed by atoms with Crippen LogP contribution in [0.3, 0.4) is 0 Å². The van der Waals surface area contributed by atoms with Crippen molar-refractivity contribution in [2.45, 2.75) is 32.2 Å². The number of carbonyl (C=O) groups is 1. The highest BCUT2D eigenvalue weighted by atomic mass is 32.1. The number of piperidine rings is 1. The monoisotopic (exact) mass is 357 g/mol. The lowest BCUT2D eigenvalue weighted by molar-refractivity contribution is 0.0989. The topological polar surface area (TPSA) is 98.1 Å². The van der Waals surface area contributed by atoms with Crippen LogP contribution in [0.4, 0.5) is 10.7 Å². The molecule has 0 aromatic carbocycles. The van der Waals surface area contributed by atoms with Crippen molar-refractivity contribution >= 4 is 33.4 Å². The van der Waals surface area contributed by atoms with Crippen molar-refractivity contribution in [3.63, 3.8) is 0 Å². The Morgan fingerprint density at radius 1 is 1.52 bits per heavy atom. The fraction of sp³-hybridized carbons (Fsp3) is 0.389. The summed E-state index contributed by atoms with van der Waals surface area (Å²) in [5, 5.41) is 1.14. The number of Topliss-reactive ketones (excluding diaryl/α,β-unsaturated/α-hetero) is 1. The molecule has 0 amide bonds. The van der Waals surface area contributed by atoms with E-state index in [-0.39, 0.29) is 18.2 Å². The first-order chi connectivity index (χ1) is 12.0. The van der Waals surface area contributed by atoms with Crippen molar-refractivity contribution in [1.29, 1.82) is 0 Å². The van der Waals surface area contributed by atoms with E-state index in [9.17, 15) is 4.79 Å². The summed E-state index contributed by atoms with van der Waals surface area (Å²) in [6.45, 7) is 7.45. The van der Waals surface area contributed by atoms with Crippen LogP contribution in [0, 0.1) is 0 Å². The lowest BCUT2D eigenvalue weighted by Crippen LogP contribution is -2.43. The van der Waals surface area contributed by atoms with Gasteiger partial charge < -0.3 is 16.4 Å². The van der Waals surface area contributed by atoms with Gasteiger partial charge in [-0.3, -0.25) is 9.78 Å². The standard InChI is InChI=1S/C18H23N5OS/c1-11(2)18-22-16(17(20)25-18)15(24)8-12-9-21-6-5-14(12)23-7-3-4-13(19)10-23/h5-6,9,13H,1,3-4,7-8,10,19-20H2,2H3/t13-/m0/s1. The van der Waals surface area contributed by atoms with E-state index >= 15 is 0 Å². The minimum atomic E-state index is -0.100. The molecule has 0 saturated carbocycles. The summed E-state index contributed by atoms with van der Waals surface area (Å²) in [4.78, 5) is 23.5. The summed E-state index contributed by atoms with van der Waals surface area (Å²) in [5.74, 6) is -0.100. The smallest absolute Gasteiger partial charge is 0.188 e. The Kier molecular flexibility index (Phi) is 5.15. The van der Waals surface area contributed by atoms with E-state index < -0.39 is 0 Å². The van der Waals surface area contributed by atoms with E-state index in [2.05, 4.69) is 21.4 Å².